The van der Waals surface area contributed by atoms with Gasteiger partial charge in [-0.2, -0.15) is 0 Å². The number of fused-ring (bicyclic) bond motifs is 2. The largest absolute Gasteiger partial charge is 0.399 e. The van der Waals surface area contributed by atoms with Crippen molar-refractivity contribution < 1.29 is 9.94 Å². The molecule has 144 valence electrons. The summed E-state index contributed by atoms with van der Waals surface area (Å²) in [6, 6.07) is 6.44. The van der Waals surface area contributed by atoms with Gasteiger partial charge in [0.25, 0.3) is 0 Å². The van der Waals surface area contributed by atoms with E-state index in [4.69, 9.17) is 4.84 Å². The topological polar surface area (TPSA) is 65.9 Å². The van der Waals surface area contributed by atoms with Crippen molar-refractivity contribution in [3.05, 3.63) is 46.7 Å². The van der Waals surface area contributed by atoms with Crippen LogP contribution < -0.4 is 10.6 Å². The molecule has 1 aliphatic carbocycles. The second-order valence-electron chi connectivity index (χ2n) is 8.46. The van der Waals surface area contributed by atoms with E-state index >= 15 is 0 Å². The van der Waals surface area contributed by atoms with Gasteiger partial charge in [-0.25, -0.2) is 0 Å². The molecule has 0 aromatic heterocycles. The maximum absolute atomic E-state index is 10.9. The van der Waals surface area contributed by atoms with Gasteiger partial charge in [-0.05, 0) is 50.3 Å². The monoisotopic (exact) mass is 367 g/mol. The van der Waals surface area contributed by atoms with E-state index in [9.17, 15) is 5.11 Å². The smallest absolute Gasteiger partial charge is 0.106 e. The van der Waals surface area contributed by atoms with Crippen LogP contribution in [0.25, 0.3) is 5.57 Å². The van der Waals surface area contributed by atoms with E-state index in [2.05, 4.69) is 53.9 Å². The number of piperidine rings is 1. The maximum atomic E-state index is 10.9. The fourth-order valence-electron chi connectivity index (χ4n) is 4.85. The Morgan fingerprint density at radius 2 is 2.07 bits per heavy atom. The Morgan fingerprint density at radius 1 is 1.30 bits per heavy atom. The van der Waals surface area contributed by atoms with Crippen molar-refractivity contribution in [2.24, 2.45) is 17.0 Å². The minimum Gasteiger partial charge on any atom is -0.399 e. The summed E-state index contributed by atoms with van der Waals surface area (Å²) >= 11 is 0. The average Bonchev–Trinajstić information content (AvgIpc) is 3.11. The lowest BCUT2D eigenvalue weighted by Gasteiger charge is -2.49. The number of aliphatic hydroxyl groups excluding tert-OH is 1. The number of anilines is 1. The highest BCUT2D eigenvalue weighted by molar-refractivity contribution is 6.28. The van der Waals surface area contributed by atoms with E-state index in [-0.39, 0.29) is 17.4 Å². The molecule has 5 nitrogen and oxygen atoms in total. The summed E-state index contributed by atoms with van der Waals surface area (Å²) in [7, 11) is 1.59. The van der Waals surface area contributed by atoms with Crippen LogP contribution in [0.3, 0.4) is 0 Å². The number of benzene rings is 1. The molecule has 2 aliphatic heterocycles. The molecule has 0 saturated carbocycles. The zero-order chi connectivity index (χ0) is 19.3. The third-order valence-corrected chi connectivity index (χ3v) is 6.21. The van der Waals surface area contributed by atoms with Crippen molar-refractivity contribution >= 4 is 17.0 Å². The second kappa shape index (κ2) is 6.41. The standard InChI is InChI=1S/C22H29N3O2/c1-12-11-16(15-8-6-7-14-9-10-23-19(14)15)20(25-27-5)17-13(2)21(26)22(3,4)24-18(12)17/h6-8,11,13,17,21,23-24,26H,9-10H2,1-5H3/b25-20+/t13-,17?,21+/m0/s1. The van der Waals surface area contributed by atoms with Crippen LogP contribution >= 0.6 is 0 Å². The lowest BCUT2D eigenvalue weighted by molar-refractivity contribution is 0.00895. The SMILES string of the molecule is CO/N=C1\C(c2cccc3c2NCC3)=CC(C)=C2NC(C)(C)[C@H](O)[C@@H](C)C21. The number of allylic oxidation sites excluding steroid dienone is 4. The Kier molecular flexibility index (Phi) is 4.30. The number of oxime groups is 1. The molecule has 0 radical (unpaired) electrons. The van der Waals surface area contributed by atoms with Crippen molar-refractivity contribution in [3.8, 4) is 0 Å². The third kappa shape index (κ3) is 2.76. The molecule has 1 fully saturated rings. The van der Waals surface area contributed by atoms with Crippen LogP contribution in [0, 0.1) is 11.8 Å². The van der Waals surface area contributed by atoms with Crippen LogP contribution in [0.5, 0.6) is 0 Å². The lowest BCUT2D eigenvalue weighted by Crippen LogP contribution is -2.61. The molecular formula is C22H29N3O2. The summed E-state index contributed by atoms with van der Waals surface area (Å²) in [5.74, 6) is -0.00115. The molecule has 2 heterocycles. The summed E-state index contributed by atoms with van der Waals surface area (Å²) in [6.45, 7) is 9.30. The first kappa shape index (κ1) is 18.1. The summed E-state index contributed by atoms with van der Waals surface area (Å²) in [6.07, 6.45) is 2.76. The highest BCUT2D eigenvalue weighted by atomic mass is 16.6. The number of hydrogen-bond acceptors (Lipinski definition) is 5. The van der Waals surface area contributed by atoms with E-state index in [1.165, 1.54) is 16.8 Å². The van der Waals surface area contributed by atoms with Gasteiger partial charge in [0.2, 0.25) is 0 Å². The van der Waals surface area contributed by atoms with Gasteiger partial charge in [-0.3, -0.25) is 0 Å². The predicted molar refractivity (Wildman–Crippen MR) is 110 cm³/mol. The lowest BCUT2D eigenvalue weighted by atomic mass is 9.68. The Labute approximate surface area is 161 Å². The Hall–Kier alpha value is -2.27. The number of aliphatic hydroxyl groups is 1. The van der Waals surface area contributed by atoms with Crippen LogP contribution in [-0.2, 0) is 11.3 Å². The quantitative estimate of drug-likeness (QED) is 0.702. The summed E-state index contributed by atoms with van der Waals surface area (Å²) in [5.41, 5.74) is 7.60. The summed E-state index contributed by atoms with van der Waals surface area (Å²) < 4.78 is 0. The normalized spacial score (nSPS) is 30.2. The zero-order valence-electron chi connectivity index (χ0n) is 16.8. The van der Waals surface area contributed by atoms with Gasteiger partial charge in [0.15, 0.2) is 0 Å². The predicted octanol–water partition coefficient (Wildman–Crippen LogP) is 3.32. The van der Waals surface area contributed by atoms with Gasteiger partial charge in [0, 0.05) is 29.1 Å². The van der Waals surface area contributed by atoms with Gasteiger partial charge in [0.1, 0.15) is 7.11 Å². The van der Waals surface area contributed by atoms with E-state index in [1.807, 2.05) is 13.8 Å². The van der Waals surface area contributed by atoms with Gasteiger partial charge < -0.3 is 20.6 Å². The molecule has 1 unspecified atom stereocenters. The summed E-state index contributed by atoms with van der Waals surface area (Å²) in [5, 5.41) is 22.5. The third-order valence-electron chi connectivity index (χ3n) is 6.21. The highest BCUT2D eigenvalue weighted by Gasteiger charge is 2.48. The van der Waals surface area contributed by atoms with Gasteiger partial charge in [-0.15, -0.1) is 0 Å². The minimum atomic E-state index is -0.486. The first-order valence-electron chi connectivity index (χ1n) is 9.71. The fourth-order valence-corrected chi connectivity index (χ4v) is 4.85. The van der Waals surface area contributed by atoms with Crippen LogP contribution in [-0.4, -0.2) is 36.1 Å². The molecule has 3 N–H and O–H groups in total. The van der Waals surface area contributed by atoms with Crippen LogP contribution in [0.15, 0.2) is 40.7 Å². The first-order chi connectivity index (χ1) is 12.8. The highest BCUT2D eigenvalue weighted by Crippen LogP contribution is 2.44. The minimum absolute atomic E-state index is 0.0218. The van der Waals surface area contributed by atoms with Crippen LogP contribution in [0.1, 0.15) is 38.8 Å². The van der Waals surface area contributed by atoms with Crippen molar-refractivity contribution in [2.75, 3.05) is 19.0 Å². The Morgan fingerprint density at radius 3 is 2.81 bits per heavy atom. The fraction of sp³-hybridized carbons (Fsp3) is 0.500. The van der Waals surface area contributed by atoms with Crippen molar-refractivity contribution in [1.29, 1.82) is 0 Å². The molecule has 3 atom stereocenters. The summed E-state index contributed by atoms with van der Waals surface area (Å²) in [4.78, 5) is 5.27. The molecule has 4 rings (SSSR count). The molecule has 1 aromatic carbocycles. The molecule has 5 heteroatoms. The van der Waals surface area contributed by atoms with Crippen molar-refractivity contribution in [3.63, 3.8) is 0 Å². The molecular weight excluding hydrogens is 338 g/mol. The number of nitrogens with zero attached hydrogens (tertiary/aromatic N) is 1. The molecule has 1 saturated heterocycles. The average molecular weight is 367 g/mol. The Bertz CT molecular complexity index is 866. The molecule has 0 spiro atoms. The van der Waals surface area contributed by atoms with E-state index in [0.717, 1.165) is 35.5 Å². The second-order valence-corrected chi connectivity index (χ2v) is 8.46. The van der Waals surface area contributed by atoms with Gasteiger partial charge in [-0.1, -0.05) is 30.3 Å². The molecule has 0 bridgehead atoms. The molecule has 0 amide bonds. The number of para-hydroxylation sites is 1. The number of rotatable bonds is 2. The number of hydrogen-bond donors (Lipinski definition) is 3. The maximum Gasteiger partial charge on any atom is 0.106 e. The van der Waals surface area contributed by atoms with Gasteiger partial charge >= 0.3 is 0 Å². The molecule has 27 heavy (non-hydrogen) atoms. The van der Waals surface area contributed by atoms with E-state index < -0.39 is 6.10 Å². The van der Waals surface area contributed by atoms with Crippen LogP contribution in [0.4, 0.5) is 5.69 Å². The van der Waals surface area contributed by atoms with Crippen molar-refractivity contribution in [1.82, 2.24) is 5.32 Å². The number of nitrogens with one attached hydrogen (secondary N) is 2. The first-order valence-corrected chi connectivity index (χ1v) is 9.71. The van der Waals surface area contributed by atoms with Crippen molar-refractivity contribution in [2.45, 2.75) is 45.8 Å². The molecule has 3 aliphatic rings. The van der Waals surface area contributed by atoms with Gasteiger partial charge in [0.05, 0.1) is 23.3 Å². The van der Waals surface area contributed by atoms with Crippen LogP contribution in [0.2, 0.25) is 0 Å². The van der Waals surface area contributed by atoms with E-state index in [1.54, 1.807) is 7.11 Å². The van der Waals surface area contributed by atoms with E-state index in [0.29, 0.717) is 0 Å². The molecule has 1 aromatic rings. The zero-order valence-corrected chi connectivity index (χ0v) is 16.8. The Balaban J connectivity index is 1.90.